The molecule has 1 aliphatic heterocycles. The number of carbonyl (C=O) groups excluding carboxylic acids is 1. The van der Waals surface area contributed by atoms with Gasteiger partial charge in [-0.1, -0.05) is 23.8 Å². The number of carbonyl (C=O) groups is 1. The Hall–Kier alpha value is -1.74. The van der Waals surface area contributed by atoms with Crippen molar-refractivity contribution in [3.05, 3.63) is 47.5 Å². The van der Waals surface area contributed by atoms with Gasteiger partial charge in [-0.3, -0.25) is 4.79 Å². The number of rotatable bonds is 1. The lowest BCUT2D eigenvalue weighted by molar-refractivity contribution is 0.101. The number of Topliss-reactive ketones (excluding diaryl/α,β-unsaturated/α-hetero) is 1. The van der Waals surface area contributed by atoms with Crippen LogP contribution in [-0.4, -0.2) is 9.99 Å². The molecule has 0 bridgehead atoms. The molecule has 0 radical (unpaired) electrons. The Bertz CT molecular complexity index is 702. The minimum Gasteiger partial charge on any atom is -0.295 e. The van der Waals surface area contributed by atoms with Crippen LogP contribution in [0.25, 0.3) is 11.1 Å². The number of hydrogen-bond acceptors (Lipinski definition) is 2. The van der Waals surface area contributed by atoms with Gasteiger partial charge in [-0.05, 0) is 37.6 Å². The Labute approximate surface area is 108 Å². The smallest absolute Gasteiger partial charge is 0.159 e. The van der Waals surface area contributed by atoms with Crippen molar-refractivity contribution < 1.29 is 9.00 Å². The second-order valence-corrected chi connectivity index (χ2v) is 5.95. The summed E-state index contributed by atoms with van der Waals surface area (Å²) in [5, 5.41) is 0. The third-order valence-electron chi connectivity index (χ3n) is 3.21. The van der Waals surface area contributed by atoms with E-state index >= 15 is 0 Å². The highest BCUT2D eigenvalue weighted by molar-refractivity contribution is 7.85. The van der Waals surface area contributed by atoms with Gasteiger partial charge in [0.25, 0.3) is 0 Å². The highest BCUT2D eigenvalue weighted by Crippen LogP contribution is 2.41. The highest BCUT2D eigenvalue weighted by Gasteiger charge is 2.25. The van der Waals surface area contributed by atoms with E-state index in [1.54, 1.807) is 19.1 Å². The van der Waals surface area contributed by atoms with Crippen LogP contribution in [0.4, 0.5) is 0 Å². The van der Waals surface area contributed by atoms with E-state index in [0.717, 1.165) is 26.5 Å². The van der Waals surface area contributed by atoms with Crippen LogP contribution in [0, 0.1) is 6.92 Å². The van der Waals surface area contributed by atoms with Crippen LogP contribution >= 0.6 is 0 Å². The summed E-state index contributed by atoms with van der Waals surface area (Å²) in [6.07, 6.45) is 0. The maximum absolute atomic E-state index is 12.3. The minimum atomic E-state index is -1.11. The molecule has 1 heterocycles. The van der Waals surface area contributed by atoms with Crippen molar-refractivity contribution in [1.82, 2.24) is 0 Å². The molecule has 0 amide bonds. The van der Waals surface area contributed by atoms with Crippen molar-refractivity contribution in [3.63, 3.8) is 0 Å². The Morgan fingerprint density at radius 2 is 1.61 bits per heavy atom. The largest absolute Gasteiger partial charge is 0.295 e. The lowest BCUT2D eigenvalue weighted by Crippen LogP contribution is -1.93. The molecule has 3 heteroatoms. The predicted molar refractivity (Wildman–Crippen MR) is 71.3 cm³/mol. The van der Waals surface area contributed by atoms with Crippen molar-refractivity contribution >= 4 is 16.6 Å². The Morgan fingerprint density at radius 3 is 2.28 bits per heavy atom. The quantitative estimate of drug-likeness (QED) is 0.626. The van der Waals surface area contributed by atoms with Gasteiger partial charge in [0.05, 0.1) is 20.6 Å². The van der Waals surface area contributed by atoms with Gasteiger partial charge in [0.2, 0.25) is 0 Å². The van der Waals surface area contributed by atoms with Gasteiger partial charge in [0.1, 0.15) is 0 Å². The van der Waals surface area contributed by atoms with Crippen LogP contribution in [-0.2, 0) is 10.8 Å². The molecule has 2 nitrogen and oxygen atoms in total. The molecule has 0 saturated heterocycles. The van der Waals surface area contributed by atoms with Crippen molar-refractivity contribution in [1.29, 1.82) is 0 Å². The van der Waals surface area contributed by atoms with Gasteiger partial charge in [-0.15, -0.1) is 0 Å². The van der Waals surface area contributed by atoms with E-state index in [9.17, 15) is 9.00 Å². The first-order valence-electron chi connectivity index (χ1n) is 5.76. The average Bonchev–Trinajstić information content (AvgIpc) is 2.62. The summed E-state index contributed by atoms with van der Waals surface area (Å²) in [5.41, 5.74) is 3.72. The van der Waals surface area contributed by atoms with Crippen LogP contribution < -0.4 is 0 Å². The molecule has 0 fully saturated rings. The SMILES string of the molecule is CC(=O)c1ccc2c(c1)-c1cc(C)ccc1S2=O. The first-order valence-corrected chi connectivity index (χ1v) is 6.90. The van der Waals surface area contributed by atoms with E-state index in [1.807, 2.05) is 31.2 Å². The lowest BCUT2D eigenvalue weighted by atomic mass is 10.0. The van der Waals surface area contributed by atoms with E-state index in [1.165, 1.54) is 0 Å². The molecule has 1 atom stereocenters. The molecule has 0 N–H and O–H groups in total. The molecule has 0 aliphatic carbocycles. The molecule has 0 aromatic heterocycles. The monoisotopic (exact) mass is 256 g/mol. The van der Waals surface area contributed by atoms with E-state index in [2.05, 4.69) is 0 Å². The maximum atomic E-state index is 12.3. The minimum absolute atomic E-state index is 0.0321. The summed E-state index contributed by atoms with van der Waals surface area (Å²) in [6.45, 7) is 3.56. The molecular formula is C15H12O2S. The summed E-state index contributed by atoms with van der Waals surface area (Å²) >= 11 is 0. The van der Waals surface area contributed by atoms with Gasteiger partial charge in [0, 0.05) is 11.1 Å². The third kappa shape index (κ3) is 1.55. The van der Waals surface area contributed by atoms with E-state index in [-0.39, 0.29) is 5.78 Å². The fourth-order valence-electron chi connectivity index (χ4n) is 2.26. The summed E-state index contributed by atoms with van der Waals surface area (Å²) in [6, 6.07) is 11.3. The number of aryl methyl sites for hydroxylation is 1. The van der Waals surface area contributed by atoms with Crippen LogP contribution in [0.1, 0.15) is 22.8 Å². The van der Waals surface area contributed by atoms with Crippen LogP contribution in [0.2, 0.25) is 0 Å². The van der Waals surface area contributed by atoms with Crippen molar-refractivity contribution in [2.75, 3.05) is 0 Å². The summed E-state index contributed by atoms with van der Waals surface area (Å²) in [7, 11) is -1.11. The predicted octanol–water partition coefficient (Wildman–Crippen LogP) is 3.34. The zero-order chi connectivity index (χ0) is 12.9. The molecule has 18 heavy (non-hydrogen) atoms. The highest BCUT2D eigenvalue weighted by atomic mass is 32.2. The summed E-state index contributed by atoms with van der Waals surface area (Å²) in [4.78, 5) is 13.1. The molecule has 0 saturated carbocycles. The Kier molecular flexibility index (Phi) is 2.45. The zero-order valence-corrected chi connectivity index (χ0v) is 11.0. The zero-order valence-electron chi connectivity index (χ0n) is 10.2. The number of hydrogen-bond donors (Lipinski definition) is 0. The van der Waals surface area contributed by atoms with E-state index < -0.39 is 10.8 Å². The van der Waals surface area contributed by atoms with E-state index in [0.29, 0.717) is 5.56 Å². The summed E-state index contributed by atoms with van der Waals surface area (Å²) in [5.74, 6) is 0.0321. The molecule has 2 aromatic rings. The van der Waals surface area contributed by atoms with Gasteiger partial charge < -0.3 is 0 Å². The van der Waals surface area contributed by atoms with Crippen molar-refractivity contribution in [2.24, 2.45) is 0 Å². The topological polar surface area (TPSA) is 34.1 Å². The first kappa shape index (κ1) is 11.4. The van der Waals surface area contributed by atoms with Gasteiger partial charge in [-0.2, -0.15) is 0 Å². The fraction of sp³-hybridized carbons (Fsp3) is 0.133. The van der Waals surface area contributed by atoms with E-state index in [4.69, 9.17) is 0 Å². The maximum Gasteiger partial charge on any atom is 0.159 e. The first-order chi connectivity index (χ1) is 8.58. The lowest BCUT2D eigenvalue weighted by Gasteiger charge is -2.02. The van der Waals surface area contributed by atoms with Crippen molar-refractivity contribution in [3.8, 4) is 11.1 Å². The van der Waals surface area contributed by atoms with Crippen molar-refractivity contribution in [2.45, 2.75) is 23.6 Å². The number of fused-ring (bicyclic) bond motifs is 3. The fourth-order valence-corrected chi connectivity index (χ4v) is 3.61. The number of ketones is 1. The molecular weight excluding hydrogens is 244 g/mol. The Morgan fingerprint density at radius 1 is 1.00 bits per heavy atom. The molecule has 1 aliphatic rings. The van der Waals surface area contributed by atoms with Gasteiger partial charge in [-0.25, -0.2) is 4.21 Å². The molecule has 2 aromatic carbocycles. The molecule has 0 spiro atoms. The van der Waals surface area contributed by atoms with Gasteiger partial charge >= 0.3 is 0 Å². The average molecular weight is 256 g/mol. The van der Waals surface area contributed by atoms with Gasteiger partial charge in [0.15, 0.2) is 5.78 Å². The van der Waals surface area contributed by atoms with Crippen LogP contribution in [0.3, 0.4) is 0 Å². The second kappa shape index (κ2) is 3.89. The second-order valence-electron chi connectivity index (χ2n) is 4.54. The number of benzene rings is 2. The molecule has 90 valence electrons. The molecule has 1 unspecified atom stereocenters. The standard InChI is InChI=1S/C15H12O2S/c1-9-3-5-14-12(7-9)13-8-11(10(2)16)4-6-15(13)18(14)17/h3-8H,1-2H3. The Balaban J connectivity index is 2.31. The third-order valence-corrected chi connectivity index (χ3v) is 4.72. The normalized spacial score (nSPS) is 16.2. The summed E-state index contributed by atoms with van der Waals surface area (Å²) < 4.78 is 12.3. The molecule has 3 rings (SSSR count). The van der Waals surface area contributed by atoms with Crippen LogP contribution in [0.5, 0.6) is 0 Å². The van der Waals surface area contributed by atoms with Crippen LogP contribution in [0.15, 0.2) is 46.2 Å².